The molecular weight excluding hydrogens is 328 g/mol. The van der Waals surface area contributed by atoms with Crippen molar-refractivity contribution in [3.05, 3.63) is 69.2 Å². The van der Waals surface area contributed by atoms with Crippen LogP contribution in [0.25, 0.3) is 0 Å². The van der Waals surface area contributed by atoms with Gasteiger partial charge in [0.1, 0.15) is 0 Å². The summed E-state index contributed by atoms with van der Waals surface area (Å²) in [6, 6.07) is 14.3. The first kappa shape index (κ1) is 16.7. The maximum Gasteiger partial charge on any atom is 0.271 e. The topological polar surface area (TPSA) is 66.6 Å². The highest BCUT2D eigenvalue weighted by Gasteiger charge is 2.27. The SMILES string of the molecule is O=[N+]([O-])c1ccc(N2CCC(C(O)c3ccccc3)CC2)c(Cl)c1. The lowest BCUT2D eigenvalue weighted by Gasteiger charge is -2.36. The van der Waals surface area contributed by atoms with E-state index in [0.29, 0.717) is 5.02 Å². The summed E-state index contributed by atoms with van der Waals surface area (Å²) in [6.07, 6.45) is 1.24. The number of non-ortho nitro benzene ring substituents is 1. The van der Waals surface area contributed by atoms with Gasteiger partial charge in [-0.15, -0.1) is 0 Å². The van der Waals surface area contributed by atoms with Gasteiger partial charge in [0.25, 0.3) is 5.69 Å². The third-order valence-electron chi connectivity index (χ3n) is 4.61. The number of aliphatic hydroxyl groups excluding tert-OH is 1. The van der Waals surface area contributed by atoms with Gasteiger partial charge in [0, 0.05) is 25.2 Å². The molecule has 2 aromatic carbocycles. The largest absolute Gasteiger partial charge is 0.388 e. The van der Waals surface area contributed by atoms with Crippen molar-refractivity contribution in [3.63, 3.8) is 0 Å². The van der Waals surface area contributed by atoms with E-state index < -0.39 is 11.0 Å². The molecular formula is C18H19ClN2O3. The molecule has 1 aliphatic rings. The molecule has 0 radical (unpaired) electrons. The number of rotatable bonds is 4. The molecule has 126 valence electrons. The van der Waals surface area contributed by atoms with Crippen LogP contribution in [0, 0.1) is 16.0 Å². The normalized spacial score (nSPS) is 16.8. The van der Waals surface area contributed by atoms with Crippen LogP contribution in [0.15, 0.2) is 48.5 Å². The number of benzene rings is 2. The van der Waals surface area contributed by atoms with Gasteiger partial charge >= 0.3 is 0 Å². The minimum Gasteiger partial charge on any atom is -0.388 e. The first-order chi connectivity index (χ1) is 11.6. The number of hydrogen-bond donors (Lipinski definition) is 1. The lowest BCUT2D eigenvalue weighted by atomic mass is 9.87. The summed E-state index contributed by atoms with van der Waals surface area (Å²) in [6.45, 7) is 1.54. The molecule has 1 heterocycles. The van der Waals surface area contributed by atoms with E-state index in [4.69, 9.17) is 11.6 Å². The Morgan fingerprint density at radius 1 is 1.17 bits per heavy atom. The number of hydrogen-bond acceptors (Lipinski definition) is 4. The van der Waals surface area contributed by atoms with E-state index in [0.717, 1.165) is 37.2 Å². The fourth-order valence-corrected chi connectivity index (χ4v) is 3.54. The summed E-state index contributed by atoms with van der Waals surface area (Å²) < 4.78 is 0. The van der Waals surface area contributed by atoms with Crippen molar-refractivity contribution in [1.82, 2.24) is 0 Å². The molecule has 0 spiro atoms. The van der Waals surface area contributed by atoms with E-state index in [-0.39, 0.29) is 11.6 Å². The van der Waals surface area contributed by atoms with E-state index >= 15 is 0 Å². The van der Waals surface area contributed by atoms with E-state index in [1.165, 1.54) is 12.1 Å². The number of anilines is 1. The van der Waals surface area contributed by atoms with Gasteiger partial charge in [-0.25, -0.2) is 0 Å². The zero-order chi connectivity index (χ0) is 17.1. The van der Waals surface area contributed by atoms with E-state index in [1.807, 2.05) is 30.3 Å². The standard InChI is InChI=1S/C18H19ClN2O3/c19-16-12-15(21(23)24)6-7-17(16)20-10-8-14(9-11-20)18(22)13-4-2-1-3-5-13/h1-7,12,14,18,22H,8-11H2. The molecule has 2 aromatic rings. The quantitative estimate of drug-likeness (QED) is 0.665. The smallest absolute Gasteiger partial charge is 0.271 e. The van der Waals surface area contributed by atoms with Crippen LogP contribution in [0.2, 0.25) is 5.02 Å². The van der Waals surface area contributed by atoms with E-state index in [1.54, 1.807) is 6.07 Å². The molecule has 1 N–H and O–H groups in total. The van der Waals surface area contributed by atoms with Crippen molar-refractivity contribution in [2.45, 2.75) is 18.9 Å². The van der Waals surface area contributed by atoms with Crippen molar-refractivity contribution < 1.29 is 10.0 Å². The molecule has 0 amide bonds. The molecule has 1 saturated heterocycles. The first-order valence-electron chi connectivity index (χ1n) is 7.98. The maximum atomic E-state index is 10.8. The summed E-state index contributed by atoms with van der Waals surface area (Å²) in [4.78, 5) is 12.5. The molecule has 0 aliphatic carbocycles. The summed E-state index contributed by atoms with van der Waals surface area (Å²) in [5.74, 6) is 0.209. The van der Waals surface area contributed by atoms with Crippen molar-refractivity contribution >= 4 is 23.0 Å². The van der Waals surface area contributed by atoms with Gasteiger partial charge in [-0.1, -0.05) is 41.9 Å². The Balaban J connectivity index is 1.66. The molecule has 24 heavy (non-hydrogen) atoms. The van der Waals surface area contributed by atoms with E-state index in [9.17, 15) is 15.2 Å². The molecule has 1 aliphatic heterocycles. The Morgan fingerprint density at radius 3 is 2.42 bits per heavy atom. The molecule has 1 fully saturated rings. The lowest BCUT2D eigenvalue weighted by Crippen LogP contribution is -2.35. The van der Waals surface area contributed by atoms with Crippen LogP contribution in [-0.2, 0) is 0 Å². The Hall–Kier alpha value is -2.11. The fraction of sp³-hybridized carbons (Fsp3) is 0.333. The molecule has 0 aromatic heterocycles. The minimum absolute atomic E-state index is 0.00173. The second kappa shape index (κ2) is 7.20. The predicted octanol–water partition coefficient (Wildman–Crippen LogP) is 4.20. The van der Waals surface area contributed by atoms with Crippen molar-refractivity contribution in [2.75, 3.05) is 18.0 Å². The maximum absolute atomic E-state index is 10.8. The predicted molar refractivity (Wildman–Crippen MR) is 94.4 cm³/mol. The number of nitro groups is 1. The van der Waals surface area contributed by atoms with Gasteiger partial charge in [-0.2, -0.15) is 0 Å². The molecule has 0 saturated carbocycles. The molecule has 5 nitrogen and oxygen atoms in total. The molecule has 1 unspecified atom stereocenters. The Morgan fingerprint density at radius 2 is 1.83 bits per heavy atom. The highest BCUT2D eigenvalue weighted by molar-refractivity contribution is 6.33. The minimum atomic E-state index is -0.458. The van der Waals surface area contributed by atoms with Gasteiger partial charge in [0.05, 0.1) is 21.7 Å². The monoisotopic (exact) mass is 346 g/mol. The van der Waals surface area contributed by atoms with Crippen molar-refractivity contribution in [1.29, 1.82) is 0 Å². The fourth-order valence-electron chi connectivity index (χ4n) is 3.24. The summed E-state index contributed by atoms with van der Waals surface area (Å²) in [5, 5.41) is 21.7. The van der Waals surface area contributed by atoms with Gasteiger partial charge in [-0.3, -0.25) is 10.1 Å². The Kier molecular flexibility index (Phi) is 5.02. The third kappa shape index (κ3) is 3.52. The van der Waals surface area contributed by atoms with Crippen LogP contribution in [-0.4, -0.2) is 23.1 Å². The van der Waals surface area contributed by atoms with Gasteiger partial charge in [0.15, 0.2) is 0 Å². The molecule has 0 bridgehead atoms. The average molecular weight is 347 g/mol. The summed E-state index contributed by atoms with van der Waals surface area (Å²) in [5.41, 5.74) is 1.76. The third-order valence-corrected chi connectivity index (χ3v) is 4.91. The Bertz CT molecular complexity index is 715. The van der Waals surface area contributed by atoms with E-state index in [2.05, 4.69) is 4.90 Å². The van der Waals surface area contributed by atoms with Crippen LogP contribution in [0.4, 0.5) is 11.4 Å². The summed E-state index contributed by atoms with van der Waals surface area (Å²) in [7, 11) is 0. The first-order valence-corrected chi connectivity index (χ1v) is 8.36. The lowest BCUT2D eigenvalue weighted by molar-refractivity contribution is -0.384. The number of halogens is 1. The zero-order valence-corrected chi connectivity index (χ0v) is 13.9. The number of nitro benzene ring substituents is 1. The average Bonchev–Trinajstić information content (AvgIpc) is 2.62. The van der Waals surface area contributed by atoms with Gasteiger partial charge in [-0.05, 0) is 30.4 Å². The van der Waals surface area contributed by atoms with Crippen molar-refractivity contribution in [3.8, 4) is 0 Å². The second-order valence-electron chi connectivity index (χ2n) is 6.07. The van der Waals surface area contributed by atoms with Crippen LogP contribution in [0.3, 0.4) is 0 Å². The molecule has 3 rings (SSSR count). The van der Waals surface area contributed by atoms with Crippen LogP contribution < -0.4 is 4.90 Å². The number of piperidine rings is 1. The van der Waals surface area contributed by atoms with Crippen molar-refractivity contribution in [2.24, 2.45) is 5.92 Å². The second-order valence-corrected chi connectivity index (χ2v) is 6.48. The Labute approximate surface area is 145 Å². The van der Waals surface area contributed by atoms with Crippen LogP contribution in [0.5, 0.6) is 0 Å². The highest BCUT2D eigenvalue weighted by Crippen LogP contribution is 2.35. The van der Waals surface area contributed by atoms with Crippen LogP contribution >= 0.6 is 11.6 Å². The highest BCUT2D eigenvalue weighted by atomic mass is 35.5. The summed E-state index contributed by atoms with van der Waals surface area (Å²) >= 11 is 6.21. The van der Waals surface area contributed by atoms with Gasteiger partial charge < -0.3 is 10.0 Å². The zero-order valence-electron chi connectivity index (χ0n) is 13.1. The van der Waals surface area contributed by atoms with Crippen LogP contribution in [0.1, 0.15) is 24.5 Å². The molecule has 6 heteroatoms. The van der Waals surface area contributed by atoms with Gasteiger partial charge in [0.2, 0.25) is 0 Å². The number of nitrogens with zero attached hydrogens (tertiary/aromatic N) is 2. The molecule has 1 atom stereocenters. The number of aliphatic hydroxyl groups is 1.